The van der Waals surface area contributed by atoms with Crippen LogP contribution in [0.1, 0.15) is 48.0 Å². The van der Waals surface area contributed by atoms with Gasteiger partial charge in [-0.25, -0.2) is 13.9 Å². The van der Waals surface area contributed by atoms with Crippen molar-refractivity contribution in [2.75, 3.05) is 0 Å². The highest BCUT2D eigenvalue weighted by Gasteiger charge is 2.23. The van der Waals surface area contributed by atoms with E-state index in [-0.39, 0.29) is 11.0 Å². The molecular formula is C22H23FN2O2. The molecule has 1 aromatic heterocycles. The zero-order valence-corrected chi connectivity index (χ0v) is 16.2. The number of hydrogen-bond acceptors (Lipinski definition) is 3. The van der Waals surface area contributed by atoms with Crippen molar-refractivity contribution in [1.29, 1.82) is 0 Å². The third-order valence-electron chi connectivity index (χ3n) is 4.30. The Hall–Kier alpha value is -2.95. The molecule has 5 heteroatoms. The number of ether oxygens (including phenoxy) is 1. The van der Waals surface area contributed by atoms with Crippen LogP contribution in [0, 0.1) is 19.7 Å². The molecule has 0 N–H and O–H groups in total. The Bertz CT molecular complexity index is 983. The van der Waals surface area contributed by atoms with Crippen molar-refractivity contribution in [3.05, 3.63) is 76.7 Å². The SMILES string of the molecule is Cc1ccc(-n2nc(C(C)(C)C)cc2OC(=O)c2ccc(F)cc2)c(C)c1. The van der Waals surface area contributed by atoms with Crippen LogP contribution in [0.4, 0.5) is 4.39 Å². The van der Waals surface area contributed by atoms with Crippen molar-refractivity contribution >= 4 is 5.97 Å². The molecule has 140 valence electrons. The van der Waals surface area contributed by atoms with Crippen LogP contribution in [0.3, 0.4) is 0 Å². The summed E-state index contributed by atoms with van der Waals surface area (Å²) < 4.78 is 20.4. The van der Waals surface area contributed by atoms with E-state index in [4.69, 9.17) is 4.74 Å². The van der Waals surface area contributed by atoms with Crippen LogP contribution in [0.5, 0.6) is 5.88 Å². The Kier molecular flexibility index (Phi) is 4.87. The highest BCUT2D eigenvalue weighted by molar-refractivity contribution is 5.90. The van der Waals surface area contributed by atoms with Gasteiger partial charge in [0.05, 0.1) is 16.9 Å². The predicted octanol–water partition coefficient (Wildman–Crippen LogP) is 5.14. The molecule has 0 aliphatic carbocycles. The maximum absolute atomic E-state index is 13.1. The molecule has 0 fully saturated rings. The summed E-state index contributed by atoms with van der Waals surface area (Å²) >= 11 is 0. The summed E-state index contributed by atoms with van der Waals surface area (Å²) in [6.07, 6.45) is 0. The average Bonchev–Trinajstić information content (AvgIpc) is 2.99. The molecule has 0 radical (unpaired) electrons. The Morgan fingerprint density at radius 2 is 1.70 bits per heavy atom. The monoisotopic (exact) mass is 366 g/mol. The number of aryl methyl sites for hydroxylation is 2. The first kappa shape index (κ1) is 18.8. The molecule has 0 atom stereocenters. The molecule has 0 amide bonds. The van der Waals surface area contributed by atoms with Crippen LogP contribution in [0.25, 0.3) is 5.69 Å². The standard InChI is InChI=1S/C22H23FN2O2/c1-14-6-11-18(15(2)12-14)25-20(13-19(24-25)22(3,4)5)27-21(26)16-7-9-17(23)10-8-16/h6-13H,1-5H3. The summed E-state index contributed by atoms with van der Waals surface area (Å²) in [5.74, 6) is -0.621. The van der Waals surface area contributed by atoms with Gasteiger partial charge in [0.25, 0.3) is 0 Å². The maximum atomic E-state index is 13.1. The van der Waals surface area contributed by atoms with Crippen LogP contribution < -0.4 is 4.74 Å². The Morgan fingerprint density at radius 3 is 2.30 bits per heavy atom. The summed E-state index contributed by atoms with van der Waals surface area (Å²) in [6, 6.07) is 13.1. The predicted molar refractivity (Wildman–Crippen MR) is 103 cm³/mol. The van der Waals surface area contributed by atoms with Gasteiger partial charge in [-0.1, -0.05) is 38.5 Å². The third kappa shape index (κ3) is 4.08. The van der Waals surface area contributed by atoms with Gasteiger partial charge >= 0.3 is 5.97 Å². The zero-order valence-electron chi connectivity index (χ0n) is 16.2. The van der Waals surface area contributed by atoms with Gasteiger partial charge in [-0.2, -0.15) is 5.10 Å². The first-order chi connectivity index (χ1) is 12.6. The van der Waals surface area contributed by atoms with Gasteiger partial charge in [0, 0.05) is 11.5 Å². The lowest BCUT2D eigenvalue weighted by Crippen LogP contribution is -2.13. The third-order valence-corrected chi connectivity index (χ3v) is 4.30. The van der Waals surface area contributed by atoms with E-state index < -0.39 is 11.8 Å². The molecule has 0 unspecified atom stereocenters. The summed E-state index contributed by atoms with van der Waals surface area (Å²) in [6.45, 7) is 10.2. The fourth-order valence-electron chi connectivity index (χ4n) is 2.76. The lowest BCUT2D eigenvalue weighted by atomic mass is 9.93. The molecule has 0 saturated heterocycles. The molecule has 4 nitrogen and oxygen atoms in total. The second kappa shape index (κ2) is 6.99. The Labute approximate surface area is 158 Å². The molecular weight excluding hydrogens is 343 g/mol. The number of benzene rings is 2. The maximum Gasteiger partial charge on any atom is 0.344 e. The molecule has 0 saturated carbocycles. The van der Waals surface area contributed by atoms with Gasteiger partial charge in [0.2, 0.25) is 5.88 Å². The van der Waals surface area contributed by atoms with E-state index in [2.05, 4.69) is 11.2 Å². The molecule has 2 aromatic carbocycles. The van der Waals surface area contributed by atoms with Crippen molar-refractivity contribution < 1.29 is 13.9 Å². The molecule has 27 heavy (non-hydrogen) atoms. The van der Waals surface area contributed by atoms with Gasteiger partial charge in [-0.05, 0) is 49.7 Å². The largest absolute Gasteiger partial charge is 0.404 e. The molecule has 3 aromatic rings. The summed E-state index contributed by atoms with van der Waals surface area (Å²) in [5.41, 5.74) is 3.90. The number of halogens is 1. The fraction of sp³-hybridized carbons (Fsp3) is 0.273. The molecule has 0 bridgehead atoms. The lowest BCUT2D eigenvalue weighted by Gasteiger charge is -2.14. The van der Waals surface area contributed by atoms with Gasteiger partial charge in [0.15, 0.2) is 0 Å². The average molecular weight is 366 g/mol. The molecule has 3 rings (SSSR count). The number of rotatable bonds is 3. The van der Waals surface area contributed by atoms with Gasteiger partial charge in [0.1, 0.15) is 5.82 Å². The number of hydrogen-bond donors (Lipinski definition) is 0. The molecule has 0 spiro atoms. The van der Waals surface area contributed by atoms with E-state index in [0.717, 1.165) is 22.5 Å². The van der Waals surface area contributed by atoms with Gasteiger partial charge in [-0.3, -0.25) is 0 Å². The van der Waals surface area contributed by atoms with E-state index in [0.29, 0.717) is 5.88 Å². The van der Waals surface area contributed by atoms with Crippen LogP contribution in [-0.4, -0.2) is 15.7 Å². The number of aromatic nitrogens is 2. The summed E-state index contributed by atoms with van der Waals surface area (Å²) in [4.78, 5) is 12.5. The van der Waals surface area contributed by atoms with E-state index in [9.17, 15) is 9.18 Å². The first-order valence-electron chi connectivity index (χ1n) is 8.81. The Balaban J connectivity index is 2.04. The summed E-state index contributed by atoms with van der Waals surface area (Å²) in [7, 11) is 0. The minimum absolute atomic E-state index is 0.207. The quantitative estimate of drug-likeness (QED) is 0.603. The number of esters is 1. The highest BCUT2D eigenvalue weighted by Crippen LogP contribution is 2.29. The van der Waals surface area contributed by atoms with Crippen LogP contribution in [0.2, 0.25) is 0 Å². The topological polar surface area (TPSA) is 44.1 Å². The fourth-order valence-corrected chi connectivity index (χ4v) is 2.76. The van der Waals surface area contributed by atoms with Crippen molar-refractivity contribution in [1.82, 2.24) is 9.78 Å². The van der Waals surface area contributed by atoms with Gasteiger partial charge < -0.3 is 4.74 Å². The highest BCUT2D eigenvalue weighted by atomic mass is 19.1. The van der Waals surface area contributed by atoms with E-state index >= 15 is 0 Å². The summed E-state index contributed by atoms with van der Waals surface area (Å²) in [5, 5.41) is 4.68. The van der Waals surface area contributed by atoms with E-state index in [1.54, 1.807) is 10.7 Å². The van der Waals surface area contributed by atoms with Crippen molar-refractivity contribution in [3.63, 3.8) is 0 Å². The lowest BCUT2D eigenvalue weighted by molar-refractivity contribution is 0.0723. The number of carbonyl (C=O) groups is 1. The van der Waals surface area contributed by atoms with E-state index in [1.165, 1.54) is 24.3 Å². The number of nitrogens with zero attached hydrogens (tertiary/aromatic N) is 2. The minimum atomic E-state index is -0.554. The van der Waals surface area contributed by atoms with Crippen LogP contribution >= 0.6 is 0 Å². The van der Waals surface area contributed by atoms with Crippen molar-refractivity contribution in [3.8, 4) is 11.6 Å². The van der Waals surface area contributed by atoms with Crippen molar-refractivity contribution in [2.24, 2.45) is 0 Å². The molecule has 0 aliphatic heterocycles. The minimum Gasteiger partial charge on any atom is -0.404 e. The van der Waals surface area contributed by atoms with E-state index in [1.807, 2.05) is 46.8 Å². The second-order valence-corrected chi connectivity index (χ2v) is 7.72. The molecule has 1 heterocycles. The zero-order chi connectivity index (χ0) is 19.8. The van der Waals surface area contributed by atoms with Gasteiger partial charge in [-0.15, -0.1) is 0 Å². The van der Waals surface area contributed by atoms with Crippen molar-refractivity contribution in [2.45, 2.75) is 40.0 Å². The number of carbonyl (C=O) groups excluding carboxylic acids is 1. The molecule has 0 aliphatic rings. The van der Waals surface area contributed by atoms with Crippen LogP contribution in [0.15, 0.2) is 48.5 Å². The van der Waals surface area contributed by atoms with Crippen LogP contribution in [-0.2, 0) is 5.41 Å². The first-order valence-corrected chi connectivity index (χ1v) is 8.81. The second-order valence-electron chi connectivity index (χ2n) is 7.72. The normalized spacial score (nSPS) is 11.5. The Morgan fingerprint density at radius 1 is 1.04 bits per heavy atom. The smallest absolute Gasteiger partial charge is 0.344 e.